The summed E-state index contributed by atoms with van der Waals surface area (Å²) in [6, 6.07) is 0. The summed E-state index contributed by atoms with van der Waals surface area (Å²) in [5.74, 6) is 2.36. The first-order valence-corrected chi connectivity index (χ1v) is 10.5. The standard InChI is InChI=1S/C22H29NO4/c1-12(24)26-18-7-6-15-14-4-5-17-19(25)20-13(11-23-27-20)10-22(17,3)16(14)8-9-21(15,18)2/h11,14-18H,4-10H2,1-3H3. The number of ketones is 1. The van der Waals surface area contributed by atoms with Crippen LogP contribution in [0.15, 0.2) is 10.7 Å². The predicted octanol–water partition coefficient (Wildman–Crippen LogP) is 4.20. The van der Waals surface area contributed by atoms with Crippen molar-refractivity contribution in [2.75, 3.05) is 0 Å². The number of Topliss-reactive ketones (excluding diaryl/α,β-unsaturated/α-hetero) is 1. The maximum Gasteiger partial charge on any atom is 0.302 e. The Balaban J connectivity index is 1.47. The molecule has 1 heterocycles. The number of fused-ring (bicyclic) bond motifs is 6. The Morgan fingerprint density at radius 3 is 2.70 bits per heavy atom. The molecule has 146 valence electrons. The van der Waals surface area contributed by atoms with Crippen LogP contribution in [0.1, 0.15) is 75.4 Å². The second kappa shape index (κ2) is 5.68. The van der Waals surface area contributed by atoms with Gasteiger partial charge in [-0.2, -0.15) is 0 Å². The molecule has 0 amide bonds. The van der Waals surface area contributed by atoms with E-state index in [0.717, 1.165) is 50.5 Å². The van der Waals surface area contributed by atoms with Gasteiger partial charge in [-0.1, -0.05) is 19.0 Å². The maximum atomic E-state index is 13.1. The molecule has 5 nitrogen and oxygen atoms in total. The van der Waals surface area contributed by atoms with Crippen molar-refractivity contribution < 1.29 is 18.8 Å². The highest BCUT2D eigenvalue weighted by Crippen LogP contribution is 2.65. The summed E-state index contributed by atoms with van der Waals surface area (Å²) >= 11 is 0. The van der Waals surface area contributed by atoms with Gasteiger partial charge in [0.05, 0.1) is 6.20 Å². The van der Waals surface area contributed by atoms with E-state index in [0.29, 0.717) is 23.5 Å². The lowest BCUT2D eigenvalue weighted by Gasteiger charge is -2.59. The second-order valence-electron chi connectivity index (χ2n) is 9.95. The van der Waals surface area contributed by atoms with Gasteiger partial charge in [0, 0.05) is 23.8 Å². The zero-order valence-corrected chi connectivity index (χ0v) is 16.5. The molecule has 0 radical (unpaired) electrons. The fraction of sp³-hybridized carbons (Fsp3) is 0.773. The zero-order chi connectivity index (χ0) is 19.0. The average Bonchev–Trinajstić information content (AvgIpc) is 3.19. The summed E-state index contributed by atoms with van der Waals surface area (Å²) in [6.45, 7) is 6.20. The van der Waals surface area contributed by atoms with Crippen molar-refractivity contribution in [3.8, 4) is 0 Å². The van der Waals surface area contributed by atoms with Crippen molar-refractivity contribution in [2.45, 2.75) is 71.8 Å². The molecule has 5 rings (SSSR count). The highest BCUT2D eigenvalue weighted by molar-refractivity contribution is 5.98. The number of ether oxygens (including phenoxy) is 1. The SMILES string of the molecule is CC(=O)OC1CCC2C3CCC4C(=O)c5oncc5CC4(C)C3CCC12C. The van der Waals surface area contributed by atoms with Crippen molar-refractivity contribution in [1.82, 2.24) is 5.16 Å². The van der Waals surface area contributed by atoms with Gasteiger partial charge in [-0.15, -0.1) is 0 Å². The van der Waals surface area contributed by atoms with E-state index in [-0.39, 0.29) is 34.6 Å². The number of aromatic nitrogens is 1. The molecule has 0 aromatic carbocycles. The molecule has 27 heavy (non-hydrogen) atoms. The van der Waals surface area contributed by atoms with E-state index in [1.165, 1.54) is 6.92 Å². The fourth-order valence-corrected chi connectivity index (χ4v) is 7.64. The molecule has 7 unspecified atom stereocenters. The summed E-state index contributed by atoms with van der Waals surface area (Å²) < 4.78 is 11.0. The molecule has 1 aromatic rings. The third kappa shape index (κ3) is 2.26. The van der Waals surface area contributed by atoms with E-state index >= 15 is 0 Å². The van der Waals surface area contributed by atoms with E-state index < -0.39 is 0 Å². The van der Waals surface area contributed by atoms with E-state index in [9.17, 15) is 9.59 Å². The number of carbonyl (C=O) groups excluding carboxylic acids is 2. The quantitative estimate of drug-likeness (QED) is 0.692. The summed E-state index contributed by atoms with van der Waals surface area (Å²) in [5.41, 5.74) is 1.09. The van der Waals surface area contributed by atoms with Crippen LogP contribution in [0.5, 0.6) is 0 Å². The van der Waals surface area contributed by atoms with E-state index in [1.807, 2.05) is 0 Å². The van der Waals surface area contributed by atoms with Crippen molar-refractivity contribution >= 4 is 11.8 Å². The van der Waals surface area contributed by atoms with E-state index in [4.69, 9.17) is 9.26 Å². The molecule has 7 atom stereocenters. The van der Waals surface area contributed by atoms with Crippen molar-refractivity contribution in [1.29, 1.82) is 0 Å². The van der Waals surface area contributed by atoms with Crippen LogP contribution in [-0.4, -0.2) is 23.0 Å². The van der Waals surface area contributed by atoms with Crippen LogP contribution >= 0.6 is 0 Å². The zero-order valence-electron chi connectivity index (χ0n) is 16.5. The molecule has 0 bridgehead atoms. The number of hydrogen-bond donors (Lipinski definition) is 0. The molecule has 3 saturated carbocycles. The normalized spacial score (nSPS) is 45.4. The second-order valence-corrected chi connectivity index (χ2v) is 9.95. The lowest BCUT2D eigenvalue weighted by molar-refractivity contribution is -0.159. The minimum absolute atomic E-state index is 0.000592. The van der Waals surface area contributed by atoms with Gasteiger partial charge in [-0.05, 0) is 68.1 Å². The van der Waals surface area contributed by atoms with Crippen LogP contribution in [-0.2, 0) is 16.0 Å². The number of nitrogens with zero attached hydrogens (tertiary/aromatic N) is 1. The lowest BCUT2D eigenvalue weighted by atomic mass is 9.45. The first kappa shape index (κ1) is 17.4. The summed E-state index contributed by atoms with van der Waals surface area (Å²) in [4.78, 5) is 24.7. The predicted molar refractivity (Wildman–Crippen MR) is 98.0 cm³/mol. The minimum Gasteiger partial charge on any atom is -0.462 e. The molecule has 4 aliphatic carbocycles. The first-order chi connectivity index (χ1) is 12.8. The van der Waals surface area contributed by atoms with Crippen LogP contribution in [0.2, 0.25) is 0 Å². The highest BCUT2D eigenvalue weighted by Gasteiger charge is 2.62. The molecule has 1 aromatic heterocycles. The third-order valence-corrected chi connectivity index (χ3v) is 8.85. The molecule has 3 fully saturated rings. The Bertz CT molecular complexity index is 800. The smallest absolute Gasteiger partial charge is 0.302 e. The highest BCUT2D eigenvalue weighted by atomic mass is 16.5. The Hall–Kier alpha value is -1.65. The largest absolute Gasteiger partial charge is 0.462 e. The number of esters is 1. The summed E-state index contributed by atoms with van der Waals surface area (Å²) in [7, 11) is 0. The number of carbonyl (C=O) groups is 2. The van der Waals surface area contributed by atoms with E-state index in [1.54, 1.807) is 6.20 Å². The molecule has 0 spiro atoms. The molecule has 4 aliphatic rings. The van der Waals surface area contributed by atoms with Gasteiger partial charge in [0.15, 0.2) is 0 Å². The summed E-state index contributed by atoms with van der Waals surface area (Å²) in [6.07, 6.45) is 9.10. The third-order valence-electron chi connectivity index (χ3n) is 8.85. The molecule has 0 N–H and O–H groups in total. The van der Waals surface area contributed by atoms with Crippen molar-refractivity contribution in [3.05, 3.63) is 17.5 Å². The van der Waals surface area contributed by atoms with Crippen LogP contribution in [0.25, 0.3) is 0 Å². The minimum atomic E-state index is -0.155. The molecular weight excluding hydrogens is 342 g/mol. The fourth-order valence-electron chi connectivity index (χ4n) is 7.64. The Morgan fingerprint density at radius 2 is 1.93 bits per heavy atom. The molecule has 0 aliphatic heterocycles. The van der Waals surface area contributed by atoms with Gasteiger partial charge < -0.3 is 9.26 Å². The molecular formula is C22H29NO4. The molecule has 0 saturated heterocycles. The van der Waals surface area contributed by atoms with Gasteiger partial charge in [-0.25, -0.2) is 0 Å². The van der Waals surface area contributed by atoms with E-state index in [2.05, 4.69) is 19.0 Å². The van der Waals surface area contributed by atoms with Gasteiger partial charge >= 0.3 is 5.97 Å². The topological polar surface area (TPSA) is 69.4 Å². The average molecular weight is 371 g/mol. The van der Waals surface area contributed by atoms with Crippen LogP contribution < -0.4 is 0 Å². The van der Waals surface area contributed by atoms with Gasteiger partial charge in [0.2, 0.25) is 11.5 Å². The van der Waals surface area contributed by atoms with Gasteiger partial charge in [-0.3, -0.25) is 9.59 Å². The Labute approximate surface area is 160 Å². The Kier molecular flexibility index (Phi) is 3.67. The number of rotatable bonds is 1. The summed E-state index contributed by atoms with van der Waals surface area (Å²) in [5, 5.41) is 3.90. The lowest BCUT2D eigenvalue weighted by Crippen LogP contribution is -2.56. The number of hydrogen-bond acceptors (Lipinski definition) is 5. The van der Waals surface area contributed by atoms with Crippen LogP contribution in [0.4, 0.5) is 0 Å². The Morgan fingerprint density at radius 1 is 1.15 bits per heavy atom. The van der Waals surface area contributed by atoms with Crippen LogP contribution in [0, 0.1) is 34.5 Å². The monoisotopic (exact) mass is 371 g/mol. The first-order valence-electron chi connectivity index (χ1n) is 10.5. The van der Waals surface area contributed by atoms with Gasteiger partial charge in [0.25, 0.3) is 0 Å². The van der Waals surface area contributed by atoms with Crippen molar-refractivity contribution in [2.24, 2.45) is 34.5 Å². The van der Waals surface area contributed by atoms with Crippen LogP contribution in [0.3, 0.4) is 0 Å². The maximum absolute atomic E-state index is 13.1. The van der Waals surface area contributed by atoms with Crippen molar-refractivity contribution in [3.63, 3.8) is 0 Å². The van der Waals surface area contributed by atoms with Gasteiger partial charge in [0.1, 0.15) is 6.10 Å². The molecule has 5 heteroatoms.